The lowest BCUT2D eigenvalue weighted by Crippen LogP contribution is -2.24. The molecule has 0 spiro atoms. The Morgan fingerprint density at radius 1 is 1.41 bits per heavy atom. The zero-order chi connectivity index (χ0) is 12.3. The minimum atomic E-state index is -0.442. The third kappa shape index (κ3) is 2.97. The average Bonchev–Trinajstić information content (AvgIpc) is 2.32. The lowest BCUT2D eigenvalue weighted by atomic mass is 9.89. The van der Waals surface area contributed by atoms with Crippen molar-refractivity contribution in [3.05, 3.63) is 29.6 Å². The molecule has 0 bridgehead atoms. The molecule has 0 saturated heterocycles. The van der Waals surface area contributed by atoms with E-state index in [2.05, 4.69) is 6.92 Å². The maximum absolute atomic E-state index is 13.6. The quantitative estimate of drug-likeness (QED) is 0.781. The van der Waals surface area contributed by atoms with Gasteiger partial charge in [-0.15, -0.1) is 0 Å². The fourth-order valence-corrected chi connectivity index (χ4v) is 2.33. The molecule has 3 heteroatoms. The zero-order valence-electron chi connectivity index (χ0n) is 9.95. The lowest BCUT2D eigenvalue weighted by molar-refractivity contribution is 0.124. The Hall–Kier alpha value is -1.56. The van der Waals surface area contributed by atoms with Crippen LogP contribution in [0.1, 0.15) is 38.2 Å². The van der Waals surface area contributed by atoms with Crippen LogP contribution in [0, 0.1) is 23.1 Å². The van der Waals surface area contributed by atoms with Gasteiger partial charge in [-0.05, 0) is 43.4 Å². The van der Waals surface area contributed by atoms with Crippen LogP contribution in [0.2, 0.25) is 0 Å². The molecule has 0 heterocycles. The molecule has 1 aromatic carbocycles. The standard InChI is InChI=1S/C14H16FNO/c1-10-3-2-4-12(7-10)17-14-6-5-11(9-16)8-13(14)15/h5-6,8,10,12H,2-4,7H2,1H3. The number of ether oxygens (including phenoxy) is 1. The maximum atomic E-state index is 13.6. The highest BCUT2D eigenvalue weighted by molar-refractivity contribution is 5.36. The highest BCUT2D eigenvalue weighted by atomic mass is 19.1. The van der Waals surface area contributed by atoms with Crippen LogP contribution in [0.15, 0.2) is 18.2 Å². The molecule has 1 fully saturated rings. The van der Waals surface area contributed by atoms with E-state index in [0.717, 1.165) is 19.3 Å². The maximum Gasteiger partial charge on any atom is 0.166 e. The molecule has 90 valence electrons. The normalized spacial score (nSPS) is 24.1. The van der Waals surface area contributed by atoms with Crippen molar-refractivity contribution < 1.29 is 9.13 Å². The van der Waals surface area contributed by atoms with Crippen LogP contribution in [0.5, 0.6) is 5.75 Å². The van der Waals surface area contributed by atoms with Gasteiger partial charge in [0.1, 0.15) is 0 Å². The van der Waals surface area contributed by atoms with Gasteiger partial charge in [0.15, 0.2) is 11.6 Å². The summed E-state index contributed by atoms with van der Waals surface area (Å²) in [4.78, 5) is 0. The van der Waals surface area contributed by atoms with Crippen molar-refractivity contribution >= 4 is 0 Å². The van der Waals surface area contributed by atoms with Crippen LogP contribution in [0.25, 0.3) is 0 Å². The van der Waals surface area contributed by atoms with Crippen LogP contribution in [0.3, 0.4) is 0 Å². The summed E-state index contributed by atoms with van der Waals surface area (Å²) in [7, 11) is 0. The summed E-state index contributed by atoms with van der Waals surface area (Å²) >= 11 is 0. The number of halogens is 1. The summed E-state index contributed by atoms with van der Waals surface area (Å²) in [5, 5.41) is 8.65. The molecule has 0 radical (unpaired) electrons. The summed E-state index contributed by atoms with van der Waals surface area (Å²) in [5.74, 6) is 0.473. The number of benzene rings is 1. The summed E-state index contributed by atoms with van der Waals surface area (Å²) < 4.78 is 19.3. The smallest absolute Gasteiger partial charge is 0.166 e. The molecule has 1 saturated carbocycles. The van der Waals surface area contributed by atoms with E-state index in [0.29, 0.717) is 11.5 Å². The SMILES string of the molecule is CC1CCCC(Oc2ccc(C#N)cc2F)C1. The first kappa shape index (κ1) is 11.9. The Morgan fingerprint density at radius 2 is 2.24 bits per heavy atom. The van der Waals surface area contributed by atoms with Gasteiger partial charge in [-0.3, -0.25) is 0 Å². The zero-order valence-corrected chi connectivity index (χ0v) is 9.95. The Kier molecular flexibility index (Phi) is 3.63. The predicted molar refractivity (Wildman–Crippen MR) is 63.2 cm³/mol. The van der Waals surface area contributed by atoms with Gasteiger partial charge in [0.2, 0.25) is 0 Å². The molecule has 1 aliphatic rings. The topological polar surface area (TPSA) is 33.0 Å². The number of nitriles is 1. The largest absolute Gasteiger partial charge is 0.487 e. The first-order valence-corrected chi connectivity index (χ1v) is 6.05. The van der Waals surface area contributed by atoms with Gasteiger partial charge in [-0.1, -0.05) is 13.3 Å². The minimum Gasteiger partial charge on any atom is -0.487 e. The number of hydrogen-bond donors (Lipinski definition) is 0. The molecule has 1 aromatic rings. The van der Waals surface area contributed by atoms with E-state index in [1.807, 2.05) is 6.07 Å². The summed E-state index contributed by atoms with van der Waals surface area (Å²) in [6, 6.07) is 6.27. The second kappa shape index (κ2) is 5.18. The van der Waals surface area contributed by atoms with E-state index in [4.69, 9.17) is 10.00 Å². The molecule has 2 rings (SSSR count). The third-order valence-corrected chi connectivity index (χ3v) is 3.24. The highest BCUT2D eigenvalue weighted by Crippen LogP contribution is 2.28. The van der Waals surface area contributed by atoms with Crippen LogP contribution in [-0.2, 0) is 0 Å². The summed E-state index contributed by atoms with van der Waals surface area (Å²) in [6.45, 7) is 2.20. The van der Waals surface area contributed by atoms with E-state index in [1.165, 1.54) is 12.5 Å². The molecule has 2 atom stereocenters. The van der Waals surface area contributed by atoms with Gasteiger partial charge >= 0.3 is 0 Å². The molecule has 0 amide bonds. The molecule has 0 aliphatic heterocycles. The fourth-order valence-electron chi connectivity index (χ4n) is 2.33. The van der Waals surface area contributed by atoms with Crippen LogP contribution in [-0.4, -0.2) is 6.10 Å². The van der Waals surface area contributed by atoms with Gasteiger partial charge in [-0.2, -0.15) is 5.26 Å². The second-order valence-electron chi connectivity index (χ2n) is 4.77. The van der Waals surface area contributed by atoms with Crippen molar-refractivity contribution in [1.82, 2.24) is 0 Å². The minimum absolute atomic E-state index is 0.112. The Labute approximate surface area is 101 Å². The van der Waals surface area contributed by atoms with E-state index < -0.39 is 5.82 Å². The molecule has 1 aliphatic carbocycles. The van der Waals surface area contributed by atoms with Gasteiger partial charge < -0.3 is 4.74 Å². The molecular formula is C14H16FNO. The molecule has 0 aromatic heterocycles. The van der Waals surface area contributed by atoms with Crippen molar-refractivity contribution in [2.75, 3.05) is 0 Å². The number of nitrogens with zero attached hydrogens (tertiary/aromatic N) is 1. The van der Waals surface area contributed by atoms with Crippen molar-refractivity contribution in [2.45, 2.75) is 38.7 Å². The molecule has 17 heavy (non-hydrogen) atoms. The summed E-state index contributed by atoms with van der Waals surface area (Å²) in [5.41, 5.74) is 0.326. The number of hydrogen-bond acceptors (Lipinski definition) is 2. The van der Waals surface area contributed by atoms with Crippen LogP contribution in [0.4, 0.5) is 4.39 Å². The van der Waals surface area contributed by atoms with Crippen molar-refractivity contribution in [1.29, 1.82) is 5.26 Å². The first-order chi connectivity index (χ1) is 8.19. The first-order valence-electron chi connectivity index (χ1n) is 6.05. The van der Waals surface area contributed by atoms with E-state index in [1.54, 1.807) is 12.1 Å². The summed E-state index contributed by atoms with van der Waals surface area (Å²) in [6.07, 6.45) is 4.46. The molecular weight excluding hydrogens is 217 g/mol. The average molecular weight is 233 g/mol. The predicted octanol–water partition coefficient (Wildman–Crippen LogP) is 3.65. The third-order valence-electron chi connectivity index (χ3n) is 3.24. The number of rotatable bonds is 2. The van der Waals surface area contributed by atoms with Crippen molar-refractivity contribution in [2.24, 2.45) is 5.92 Å². The Bertz CT molecular complexity index is 438. The highest BCUT2D eigenvalue weighted by Gasteiger charge is 2.21. The molecule has 2 unspecified atom stereocenters. The van der Waals surface area contributed by atoms with Crippen LogP contribution < -0.4 is 4.74 Å². The van der Waals surface area contributed by atoms with Gasteiger partial charge in [0.25, 0.3) is 0 Å². The van der Waals surface area contributed by atoms with E-state index in [-0.39, 0.29) is 11.9 Å². The molecule has 0 N–H and O–H groups in total. The van der Waals surface area contributed by atoms with E-state index in [9.17, 15) is 4.39 Å². The van der Waals surface area contributed by atoms with Gasteiger partial charge in [0.05, 0.1) is 17.7 Å². The molecule has 2 nitrogen and oxygen atoms in total. The fraction of sp³-hybridized carbons (Fsp3) is 0.500. The van der Waals surface area contributed by atoms with Gasteiger partial charge in [-0.25, -0.2) is 4.39 Å². The Morgan fingerprint density at radius 3 is 2.88 bits per heavy atom. The lowest BCUT2D eigenvalue weighted by Gasteiger charge is -2.27. The Balaban J connectivity index is 2.06. The monoisotopic (exact) mass is 233 g/mol. The van der Waals surface area contributed by atoms with Gasteiger partial charge in [0, 0.05) is 0 Å². The van der Waals surface area contributed by atoms with Crippen molar-refractivity contribution in [3.8, 4) is 11.8 Å². The van der Waals surface area contributed by atoms with E-state index >= 15 is 0 Å². The second-order valence-corrected chi connectivity index (χ2v) is 4.77. The van der Waals surface area contributed by atoms with Crippen molar-refractivity contribution in [3.63, 3.8) is 0 Å². The van der Waals surface area contributed by atoms with Crippen LogP contribution >= 0.6 is 0 Å².